The lowest BCUT2D eigenvalue weighted by Crippen LogP contribution is -2.40. The van der Waals surface area contributed by atoms with E-state index in [2.05, 4.69) is 11.1 Å². The molecule has 1 amide bonds. The summed E-state index contributed by atoms with van der Waals surface area (Å²) in [5.74, 6) is 1.51. The zero-order valence-corrected chi connectivity index (χ0v) is 20.8. The zero-order chi connectivity index (χ0) is 24.8. The number of fused-ring (bicyclic) bond motifs is 3. The van der Waals surface area contributed by atoms with Crippen molar-refractivity contribution >= 4 is 22.8 Å². The lowest BCUT2D eigenvalue weighted by molar-refractivity contribution is -0.143. The van der Waals surface area contributed by atoms with E-state index in [1.165, 1.54) is 5.56 Å². The minimum absolute atomic E-state index is 0.110. The summed E-state index contributed by atoms with van der Waals surface area (Å²) < 4.78 is 16.1. The van der Waals surface area contributed by atoms with Gasteiger partial charge in [-0.2, -0.15) is 0 Å². The van der Waals surface area contributed by atoms with Gasteiger partial charge >= 0.3 is 5.97 Å². The number of H-pyrrole nitrogens is 1. The van der Waals surface area contributed by atoms with Gasteiger partial charge < -0.3 is 24.1 Å². The van der Waals surface area contributed by atoms with Gasteiger partial charge in [-0.05, 0) is 56.0 Å². The van der Waals surface area contributed by atoms with Gasteiger partial charge in [0.15, 0.2) is 0 Å². The van der Waals surface area contributed by atoms with Gasteiger partial charge in [-0.25, -0.2) is 0 Å². The summed E-state index contributed by atoms with van der Waals surface area (Å²) in [5, 5.41) is 1.13. The molecular weight excluding hydrogens is 444 g/mol. The third-order valence-corrected chi connectivity index (χ3v) is 6.66. The summed E-state index contributed by atoms with van der Waals surface area (Å²) >= 11 is 0. The number of benzene rings is 2. The zero-order valence-electron chi connectivity index (χ0n) is 20.8. The lowest BCUT2D eigenvalue weighted by atomic mass is 9.91. The SMILES string of the molecule is CCOC(=O)CCCCCC(=O)N1CCc2c([nH]c3ccc(OC)cc23)[C@@H]1c1ccccc1OC. The number of carbonyl (C=O) groups is 2. The highest BCUT2D eigenvalue weighted by molar-refractivity contribution is 5.88. The Labute approximate surface area is 206 Å². The van der Waals surface area contributed by atoms with Crippen LogP contribution in [0.4, 0.5) is 0 Å². The van der Waals surface area contributed by atoms with Crippen molar-refractivity contribution in [3.05, 3.63) is 59.3 Å². The number of hydrogen-bond acceptors (Lipinski definition) is 5. The summed E-state index contributed by atoms with van der Waals surface area (Å²) in [6.07, 6.45) is 3.90. The molecule has 2 heterocycles. The third kappa shape index (κ3) is 5.29. The van der Waals surface area contributed by atoms with Crippen molar-refractivity contribution in [3.63, 3.8) is 0 Å². The fourth-order valence-corrected chi connectivity index (χ4v) is 4.98. The average molecular weight is 479 g/mol. The Morgan fingerprint density at radius 3 is 2.60 bits per heavy atom. The molecule has 0 saturated carbocycles. The number of nitrogens with one attached hydrogen (secondary N) is 1. The van der Waals surface area contributed by atoms with E-state index in [9.17, 15) is 9.59 Å². The summed E-state index contributed by atoms with van der Waals surface area (Å²) in [6, 6.07) is 13.7. The van der Waals surface area contributed by atoms with Gasteiger partial charge in [0.2, 0.25) is 5.91 Å². The second-order valence-corrected chi connectivity index (χ2v) is 8.78. The molecule has 0 bridgehead atoms. The third-order valence-electron chi connectivity index (χ3n) is 6.66. The number of rotatable bonds is 10. The van der Waals surface area contributed by atoms with Gasteiger partial charge in [-0.15, -0.1) is 0 Å². The van der Waals surface area contributed by atoms with Crippen molar-refractivity contribution in [2.24, 2.45) is 0 Å². The van der Waals surface area contributed by atoms with Crippen molar-refractivity contribution in [1.29, 1.82) is 0 Å². The Morgan fingerprint density at radius 1 is 1.03 bits per heavy atom. The van der Waals surface area contributed by atoms with Crippen molar-refractivity contribution in [1.82, 2.24) is 9.88 Å². The molecule has 2 aromatic carbocycles. The van der Waals surface area contributed by atoms with Gasteiger partial charge in [0.25, 0.3) is 0 Å². The minimum atomic E-state index is -0.264. The van der Waals surface area contributed by atoms with Gasteiger partial charge in [0.1, 0.15) is 17.5 Å². The molecule has 1 atom stereocenters. The molecule has 35 heavy (non-hydrogen) atoms. The Hall–Kier alpha value is -3.48. The van der Waals surface area contributed by atoms with Crippen LogP contribution in [-0.2, 0) is 20.7 Å². The molecule has 7 heteroatoms. The lowest BCUT2D eigenvalue weighted by Gasteiger charge is -2.37. The van der Waals surface area contributed by atoms with E-state index in [4.69, 9.17) is 14.2 Å². The van der Waals surface area contributed by atoms with E-state index in [0.29, 0.717) is 26.0 Å². The molecule has 0 unspecified atom stereocenters. The molecule has 4 rings (SSSR count). The van der Waals surface area contributed by atoms with Gasteiger partial charge in [-0.3, -0.25) is 9.59 Å². The average Bonchev–Trinajstić information content (AvgIpc) is 3.25. The molecule has 0 radical (unpaired) electrons. The van der Waals surface area contributed by atoms with E-state index < -0.39 is 0 Å². The monoisotopic (exact) mass is 478 g/mol. The number of unbranched alkanes of at least 4 members (excludes halogenated alkanes) is 2. The molecule has 186 valence electrons. The first-order valence-corrected chi connectivity index (χ1v) is 12.3. The van der Waals surface area contributed by atoms with Crippen LogP contribution >= 0.6 is 0 Å². The first-order chi connectivity index (χ1) is 17.1. The molecule has 1 N–H and O–H groups in total. The Kier molecular flexibility index (Phi) is 7.95. The number of ether oxygens (including phenoxy) is 3. The second-order valence-electron chi connectivity index (χ2n) is 8.78. The highest BCUT2D eigenvalue weighted by Gasteiger charge is 2.35. The van der Waals surface area contributed by atoms with Crippen molar-refractivity contribution in [2.45, 2.75) is 51.5 Å². The summed E-state index contributed by atoms with van der Waals surface area (Å²) in [5.41, 5.74) is 4.24. The molecule has 0 saturated heterocycles. The summed E-state index contributed by atoms with van der Waals surface area (Å²) in [4.78, 5) is 30.6. The van der Waals surface area contributed by atoms with Crippen LogP contribution in [-0.4, -0.2) is 49.1 Å². The number of carbonyl (C=O) groups excluding carboxylic acids is 2. The second kappa shape index (κ2) is 11.3. The highest BCUT2D eigenvalue weighted by Crippen LogP contribution is 2.42. The summed E-state index contributed by atoms with van der Waals surface area (Å²) in [7, 11) is 3.33. The van der Waals surface area contributed by atoms with E-state index in [-0.39, 0.29) is 17.9 Å². The standard InChI is InChI=1S/C28H34N2O5/c1-4-35-26(32)13-7-5-6-12-25(31)30-17-16-20-22-18-19(33-2)14-15-23(22)29-27(20)28(30)21-10-8-9-11-24(21)34-3/h8-11,14-15,18,28-29H,4-7,12-13,16-17H2,1-3H3/t28-/m0/s1. The number of nitrogens with zero attached hydrogens (tertiary/aromatic N) is 1. The minimum Gasteiger partial charge on any atom is -0.497 e. The first kappa shape index (κ1) is 24.6. The van der Waals surface area contributed by atoms with Crippen LogP contribution in [0.2, 0.25) is 0 Å². The molecule has 0 spiro atoms. The smallest absolute Gasteiger partial charge is 0.305 e. The number of aromatic amines is 1. The van der Waals surface area contributed by atoms with Crippen molar-refractivity contribution < 1.29 is 23.8 Å². The van der Waals surface area contributed by atoms with Crippen LogP contribution in [0.25, 0.3) is 10.9 Å². The predicted molar refractivity (Wildman–Crippen MR) is 135 cm³/mol. The van der Waals surface area contributed by atoms with Crippen LogP contribution in [0.5, 0.6) is 11.5 Å². The first-order valence-electron chi connectivity index (χ1n) is 12.3. The molecule has 0 fully saturated rings. The molecule has 1 aromatic heterocycles. The number of aromatic nitrogens is 1. The van der Waals surface area contributed by atoms with E-state index in [1.807, 2.05) is 48.2 Å². The molecular formula is C28H34N2O5. The van der Waals surface area contributed by atoms with Crippen molar-refractivity contribution in [3.8, 4) is 11.5 Å². The van der Waals surface area contributed by atoms with Crippen LogP contribution in [0.15, 0.2) is 42.5 Å². The van der Waals surface area contributed by atoms with Gasteiger partial charge in [0.05, 0.1) is 20.8 Å². The van der Waals surface area contributed by atoms with E-state index >= 15 is 0 Å². The predicted octanol–water partition coefficient (Wildman–Crippen LogP) is 5.17. The number of hydrogen-bond donors (Lipinski definition) is 1. The number of esters is 1. The van der Waals surface area contributed by atoms with Crippen molar-refractivity contribution in [2.75, 3.05) is 27.4 Å². The molecule has 3 aromatic rings. The molecule has 0 aliphatic carbocycles. The van der Waals surface area contributed by atoms with Crippen LogP contribution in [0.3, 0.4) is 0 Å². The Balaban J connectivity index is 1.59. The molecule has 1 aliphatic rings. The Bertz CT molecular complexity index is 1190. The maximum Gasteiger partial charge on any atom is 0.305 e. The van der Waals surface area contributed by atoms with Gasteiger partial charge in [-0.1, -0.05) is 24.6 Å². The maximum atomic E-state index is 13.5. The van der Waals surface area contributed by atoms with Gasteiger partial charge in [0, 0.05) is 41.5 Å². The van der Waals surface area contributed by atoms with Crippen LogP contribution in [0.1, 0.15) is 61.9 Å². The largest absolute Gasteiger partial charge is 0.497 e. The fraction of sp³-hybridized carbons (Fsp3) is 0.429. The maximum absolute atomic E-state index is 13.5. The number of methoxy groups -OCH3 is 2. The number of amides is 1. The fourth-order valence-electron chi connectivity index (χ4n) is 4.98. The normalized spacial score (nSPS) is 15.1. The highest BCUT2D eigenvalue weighted by atomic mass is 16.5. The Morgan fingerprint density at radius 2 is 1.83 bits per heavy atom. The van der Waals surface area contributed by atoms with Crippen LogP contribution < -0.4 is 9.47 Å². The summed E-state index contributed by atoms with van der Waals surface area (Å²) in [6.45, 7) is 2.84. The van der Waals surface area contributed by atoms with Crippen LogP contribution in [0, 0.1) is 0 Å². The quantitative estimate of drug-likeness (QED) is 0.321. The molecule has 1 aliphatic heterocycles. The topological polar surface area (TPSA) is 80.9 Å². The van der Waals surface area contributed by atoms with E-state index in [1.54, 1.807) is 14.2 Å². The number of para-hydroxylation sites is 1. The molecule has 7 nitrogen and oxygen atoms in total. The van der Waals surface area contributed by atoms with E-state index in [0.717, 1.165) is 59.3 Å².